The molecule has 0 aliphatic heterocycles. The maximum atomic E-state index is 10.1. The van der Waals surface area contributed by atoms with E-state index in [0.29, 0.717) is 5.46 Å². The van der Waals surface area contributed by atoms with Crippen LogP contribution in [0.15, 0.2) is 134 Å². The van der Waals surface area contributed by atoms with Gasteiger partial charge in [-0.25, -0.2) is 0 Å². The molecular formula is C34H24BN3O2. The summed E-state index contributed by atoms with van der Waals surface area (Å²) in [6.45, 7) is 0. The largest absolute Gasteiger partial charge is 0.489 e. The second kappa shape index (κ2) is 9.93. The molecule has 0 aliphatic rings. The van der Waals surface area contributed by atoms with Gasteiger partial charge in [-0.05, 0) is 83.3 Å². The number of fused-ring (bicyclic) bond motifs is 3. The maximum Gasteiger partial charge on any atom is 0.489 e. The Hall–Kier alpha value is -5.04. The number of rotatable bonds is 5. The summed E-state index contributed by atoms with van der Waals surface area (Å²) in [4.78, 5) is 9.17. The molecule has 190 valence electrons. The summed E-state index contributed by atoms with van der Waals surface area (Å²) in [7, 11) is -1.55. The van der Waals surface area contributed by atoms with Gasteiger partial charge in [0.15, 0.2) is 0 Å². The first kappa shape index (κ1) is 24.0. The monoisotopic (exact) mass is 517 g/mol. The lowest BCUT2D eigenvalue weighted by atomic mass is 9.77. The topological polar surface area (TPSA) is 71.2 Å². The van der Waals surface area contributed by atoms with Gasteiger partial charge in [0.05, 0.1) is 22.4 Å². The van der Waals surface area contributed by atoms with Crippen LogP contribution in [0.2, 0.25) is 0 Å². The number of hydrogen-bond donors (Lipinski definition) is 2. The normalized spacial score (nSPS) is 11.2. The Morgan fingerprint density at radius 3 is 1.75 bits per heavy atom. The van der Waals surface area contributed by atoms with Gasteiger partial charge < -0.3 is 14.6 Å². The minimum Gasteiger partial charge on any atom is -0.423 e. The number of benzene rings is 4. The molecule has 0 spiro atoms. The van der Waals surface area contributed by atoms with Crippen LogP contribution in [0.3, 0.4) is 0 Å². The van der Waals surface area contributed by atoms with Crippen molar-refractivity contribution in [3.8, 4) is 39.3 Å². The van der Waals surface area contributed by atoms with Crippen LogP contribution < -0.4 is 5.46 Å². The van der Waals surface area contributed by atoms with Crippen molar-refractivity contribution in [2.75, 3.05) is 0 Å². The van der Waals surface area contributed by atoms with Crippen LogP contribution in [-0.4, -0.2) is 31.7 Å². The summed E-state index contributed by atoms with van der Waals surface area (Å²) in [5.74, 6) is 0. The summed E-state index contributed by atoms with van der Waals surface area (Å²) in [6.07, 6.45) is 3.62. The van der Waals surface area contributed by atoms with E-state index in [1.807, 2.05) is 79.1 Å². The Bertz CT molecular complexity index is 1910. The van der Waals surface area contributed by atoms with Gasteiger partial charge in [-0.1, -0.05) is 54.6 Å². The Balaban J connectivity index is 1.37. The Labute approximate surface area is 231 Å². The molecule has 0 radical (unpaired) electrons. The minimum absolute atomic E-state index is 0.498. The van der Waals surface area contributed by atoms with Gasteiger partial charge in [0.25, 0.3) is 0 Å². The summed E-state index contributed by atoms with van der Waals surface area (Å²) in [6, 6.07) is 40.5. The van der Waals surface area contributed by atoms with E-state index < -0.39 is 7.12 Å². The standard InChI is InChI=1S/C34H24BN3O2/c39-35(40)29-9-7-13-33-34(29)28-8-1-2-12-32(28)38(33)27-16-14-23(15-17-27)24-20-25(30-10-3-5-18-36-30)22-26(21-24)31-11-4-6-19-37-31/h1-22,39-40H. The van der Waals surface area contributed by atoms with E-state index in [-0.39, 0.29) is 0 Å². The zero-order chi connectivity index (χ0) is 27.1. The van der Waals surface area contributed by atoms with E-state index in [9.17, 15) is 10.0 Å². The van der Waals surface area contributed by atoms with Gasteiger partial charge in [-0.3, -0.25) is 9.97 Å². The number of nitrogens with zero attached hydrogens (tertiary/aromatic N) is 3. The van der Waals surface area contributed by atoms with Crippen molar-refractivity contribution in [3.63, 3.8) is 0 Å². The lowest BCUT2D eigenvalue weighted by Crippen LogP contribution is -2.30. The first-order valence-corrected chi connectivity index (χ1v) is 13.1. The number of pyridine rings is 2. The van der Waals surface area contributed by atoms with Crippen molar-refractivity contribution in [2.24, 2.45) is 0 Å². The first-order chi connectivity index (χ1) is 19.7. The molecular weight excluding hydrogens is 493 g/mol. The zero-order valence-electron chi connectivity index (χ0n) is 21.5. The average Bonchev–Trinajstić information content (AvgIpc) is 3.36. The molecule has 4 aromatic carbocycles. The molecule has 0 aliphatic carbocycles. The van der Waals surface area contributed by atoms with Gasteiger partial charge in [0, 0.05) is 40.0 Å². The van der Waals surface area contributed by atoms with Crippen LogP contribution in [0.1, 0.15) is 0 Å². The van der Waals surface area contributed by atoms with Crippen molar-refractivity contribution in [1.29, 1.82) is 0 Å². The van der Waals surface area contributed by atoms with Crippen LogP contribution in [0.5, 0.6) is 0 Å². The van der Waals surface area contributed by atoms with E-state index in [1.54, 1.807) is 6.07 Å². The van der Waals surface area contributed by atoms with E-state index in [0.717, 1.165) is 61.1 Å². The van der Waals surface area contributed by atoms with E-state index in [4.69, 9.17) is 0 Å². The smallest absolute Gasteiger partial charge is 0.423 e. The highest BCUT2D eigenvalue weighted by atomic mass is 16.4. The SMILES string of the molecule is OB(O)c1cccc2c1c1ccccc1n2-c1ccc(-c2cc(-c3ccccn3)cc(-c3ccccn3)c2)cc1. The molecule has 7 rings (SSSR count). The van der Waals surface area contributed by atoms with E-state index in [1.165, 1.54) is 0 Å². The van der Waals surface area contributed by atoms with Gasteiger partial charge >= 0.3 is 7.12 Å². The molecule has 3 heterocycles. The molecule has 3 aromatic heterocycles. The Kier molecular flexibility index (Phi) is 5.97. The van der Waals surface area contributed by atoms with Crippen molar-refractivity contribution in [3.05, 3.63) is 134 Å². The second-order valence-electron chi connectivity index (χ2n) is 9.74. The predicted molar refractivity (Wildman–Crippen MR) is 163 cm³/mol. The third kappa shape index (κ3) is 4.16. The van der Waals surface area contributed by atoms with E-state index in [2.05, 4.69) is 63.1 Å². The molecule has 40 heavy (non-hydrogen) atoms. The molecule has 0 atom stereocenters. The fourth-order valence-electron chi connectivity index (χ4n) is 5.50. The summed E-state index contributed by atoms with van der Waals surface area (Å²) < 4.78 is 2.17. The summed E-state index contributed by atoms with van der Waals surface area (Å²) in [5, 5.41) is 22.0. The molecule has 0 saturated heterocycles. The molecule has 0 unspecified atom stereocenters. The third-order valence-electron chi connectivity index (χ3n) is 7.32. The molecule has 0 fully saturated rings. The van der Waals surface area contributed by atoms with Crippen LogP contribution in [-0.2, 0) is 0 Å². The highest BCUT2D eigenvalue weighted by Crippen LogP contribution is 2.34. The van der Waals surface area contributed by atoms with E-state index >= 15 is 0 Å². The van der Waals surface area contributed by atoms with Crippen LogP contribution >= 0.6 is 0 Å². The Morgan fingerprint density at radius 1 is 0.525 bits per heavy atom. The third-order valence-corrected chi connectivity index (χ3v) is 7.32. The highest BCUT2D eigenvalue weighted by molar-refractivity contribution is 6.63. The van der Waals surface area contributed by atoms with Gasteiger partial charge in [-0.15, -0.1) is 0 Å². The van der Waals surface area contributed by atoms with Crippen molar-refractivity contribution >= 4 is 34.4 Å². The molecule has 0 bridgehead atoms. The summed E-state index contributed by atoms with van der Waals surface area (Å²) in [5.41, 5.74) is 9.44. The summed E-state index contributed by atoms with van der Waals surface area (Å²) >= 11 is 0. The number of aromatic nitrogens is 3. The quantitative estimate of drug-likeness (QED) is 0.265. The first-order valence-electron chi connectivity index (χ1n) is 13.1. The lowest BCUT2D eigenvalue weighted by molar-refractivity contribution is 0.426. The average molecular weight is 517 g/mol. The second-order valence-corrected chi connectivity index (χ2v) is 9.74. The lowest BCUT2D eigenvalue weighted by Gasteiger charge is -2.12. The zero-order valence-corrected chi connectivity index (χ0v) is 21.5. The number of para-hydroxylation sites is 1. The van der Waals surface area contributed by atoms with Gasteiger partial charge in [-0.2, -0.15) is 0 Å². The fraction of sp³-hybridized carbons (Fsp3) is 0. The molecule has 6 heteroatoms. The molecule has 0 amide bonds. The molecule has 7 aromatic rings. The predicted octanol–water partition coefficient (Wildman–Crippen LogP) is 6.25. The highest BCUT2D eigenvalue weighted by Gasteiger charge is 2.20. The van der Waals surface area contributed by atoms with Gasteiger partial charge in [0.2, 0.25) is 0 Å². The van der Waals surface area contributed by atoms with Crippen molar-refractivity contribution in [2.45, 2.75) is 0 Å². The van der Waals surface area contributed by atoms with Gasteiger partial charge in [0.1, 0.15) is 0 Å². The molecule has 2 N–H and O–H groups in total. The van der Waals surface area contributed by atoms with Crippen molar-refractivity contribution < 1.29 is 10.0 Å². The van der Waals surface area contributed by atoms with Crippen LogP contribution in [0.25, 0.3) is 61.1 Å². The van der Waals surface area contributed by atoms with Crippen LogP contribution in [0.4, 0.5) is 0 Å². The molecule has 0 saturated carbocycles. The Morgan fingerprint density at radius 2 is 1.12 bits per heavy atom. The van der Waals surface area contributed by atoms with Crippen LogP contribution in [0, 0.1) is 0 Å². The maximum absolute atomic E-state index is 10.1. The fourth-order valence-corrected chi connectivity index (χ4v) is 5.50. The minimum atomic E-state index is -1.55. The van der Waals surface area contributed by atoms with Crippen molar-refractivity contribution in [1.82, 2.24) is 14.5 Å². The number of hydrogen-bond acceptors (Lipinski definition) is 4. The molecule has 5 nitrogen and oxygen atoms in total.